The van der Waals surface area contributed by atoms with Gasteiger partial charge in [-0.1, -0.05) is 6.92 Å². The summed E-state index contributed by atoms with van der Waals surface area (Å²) in [7, 11) is 0. The van der Waals surface area contributed by atoms with Crippen LogP contribution in [0.25, 0.3) is 0 Å². The van der Waals surface area contributed by atoms with Crippen molar-refractivity contribution in [2.45, 2.75) is 63.6 Å². The summed E-state index contributed by atoms with van der Waals surface area (Å²) in [4.78, 5) is 2.90. The first kappa shape index (κ1) is 13.3. The Morgan fingerprint density at radius 1 is 1.06 bits per heavy atom. The molecule has 1 N–H and O–H groups in total. The number of rotatable bonds is 4. The minimum Gasteiger partial charge on any atom is -0.314 e. The molecular formula is C15H28N2S. The molecule has 0 aromatic carbocycles. The maximum Gasteiger partial charge on any atom is 0.0114 e. The first-order valence-electron chi connectivity index (χ1n) is 7.93. The first-order chi connectivity index (χ1) is 8.86. The average molecular weight is 268 g/mol. The zero-order valence-electron chi connectivity index (χ0n) is 11.7. The quantitative estimate of drug-likeness (QED) is 0.844. The fourth-order valence-corrected chi connectivity index (χ4v) is 5.46. The zero-order chi connectivity index (χ0) is 12.4. The highest BCUT2D eigenvalue weighted by molar-refractivity contribution is 7.99. The number of nitrogens with zero attached hydrogens (tertiary/aromatic N) is 1. The molecule has 0 aromatic rings. The van der Waals surface area contributed by atoms with E-state index in [9.17, 15) is 0 Å². The highest BCUT2D eigenvalue weighted by Gasteiger charge is 2.40. The molecule has 3 heterocycles. The molecule has 0 radical (unpaired) electrons. The fraction of sp³-hybridized carbons (Fsp3) is 1.00. The molecule has 0 aromatic heterocycles. The van der Waals surface area contributed by atoms with Crippen molar-refractivity contribution in [3.63, 3.8) is 0 Å². The molecule has 104 valence electrons. The predicted molar refractivity (Wildman–Crippen MR) is 80.3 cm³/mol. The van der Waals surface area contributed by atoms with Gasteiger partial charge in [0.1, 0.15) is 0 Å². The number of thioether (sulfide) groups is 1. The molecule has 2 bridgehead atoms. The minimum atomic E-state index is 0.811. The molecule has 3 rings (SSSR count). The van der Waals surface area contributed by atoms with Crippen LogP contribution in [0.1, 0.15) is 45.4 Å². The molecule has 3 saturated heterocycles. The van der Waals surface area contributed by atoms with Crippen LogP contribution in [0.4, 0.5) is 0 Å². The van der Waals surface area contributed by atoms with Gasteiger partial charge in [0.15, 0.2) is 0 Å². The van der Waals surface area contributed by atoms with Crippen LogP contribution in [-0.2, 0) is 0 Å². The predicted octanol–water partition coefficient (Wildman–Crippen LogP) is 2.73. The summed E-state index contributed by atoms with van der Waals surface area (Å²) in [5, 5.41) is 3.68. The molecule has 3 aliphatic heterocycles. The smallest absolute Gasteiger partial charge is 0.0114 e. The van der Waals surface area contributed by atoms with Crippen molar-refractivity contribution < 1.29 is 0 Å². The monoisotopic (exact) mass is 268 g/mol. The van der Waals surface area contributed by atoms with E-state index < -0.39 is 0 Å². The van der Waals surface area contributed by atoms with Gasteiger partial charge in [-0.2, -0.15) is 11.8 Å². The number of hydrogen-bond donors (Lipinski definition) is 1. The Morgan fingerprint density at radius 3 is 2.33 bits per heavy atom. The van der Waals surface area contributed by atoms with Gasteiger partial charge in [-0.15, -0.1) is 0 Å². The van der Waals surface area contributed by atoms with Crippen molar-refractivity contribution in [2.75, 3.05) is 24.6 Å². The van der Waals surface area contributed by atoms with E-state index in [2.05, 4.69) is 28.9 Å². The Hall–Kier alpha value is 0.270. The van der Waals surface area contributed by atoms with E-state index in [4.69, 9.17) is 0 Å². The summed E-state index contributed by atoms with van der Waals surface area (Å²) >= 11 is 2.16. The van der Waals surface area contributed by atoms with Crippen molar-refractivity contribution in [3.8, 4) is 0 Å². The maximum absolute atomic E-state index is 3.68. The maximum atomic E-state index is 3.68. The highest BCUT2D eigenvalue weighted by Crippen LogP contribution is 2.37. The summed E-state index contributed by atoms with van der Waals surface area (Å²) in [5.41, 5.74) is 0. The number of nitrogens with one attached hydrogen (secondary N) is 1. The Morgan fingerprint density at radius 2 is 1.72 bits per heavy atom. The largest absolute Gasteiger partial charge is 0.314 e. The molecule has 0 amide bonds. The van der Waals surface area contributed by atoms with Gasteiger partial charge in [-0.25, -0.2) is 0 Å². The lowest BCUT2D eigenvalue weighted by molar-refractivity contribution is 0.0959. The van der Waals surface area contributed by atoms with Crippen LogP contribution in [0, 0.1) is 5.92 Å². The van der Waals surface area contributed by atoms with Gasteiger partial charge >= 0.3 is 0 Å². The van der Waals surface area contributed by atoms with Crippen molar-refractivity contribution >= 4 is 11.8 Å². The molecule has 18 heavy (non-hydrogen) atoms. The van der Waals surface area contributed by atoms with Crippen molar-refractivity contribution in [2.24, 2.45) is 5.92 Å². The number of fused-ring (bicyclic) bond motifs is 2. The lowest BCUT2D eigenvalue weighted by Gasteiger charge is -2.41. The van der Waals surface area contributed by atoms with E-state index in [0.29, 0.717) is 0 Å². The molecule has 3 heteroatoms. The Bertz CT molecular complexity index is 251. The van der Waals surface area contributed by atoms with Crippen LogP contribution in [-0.4, -0.2) is 47.6 Å². The van der Waals surface area contributed by atoms with Crippen molar-refractivity contribution in [1.82, 2.24) is 10.2 Å². The average Bonchev–Trinajstić information content (AvgIpc) is 2.63. The molecular weight excluding hydrogens is 240 g/mol. The van der Waals surface area contributed by atoms with Gasteiger partial charge in [-0.05, 0) is 62.5 Å². The van der Waals surface area contributed by atoms with E-state index >= 15 is 0 Å². The lowest BCUT2D eigenvalue weighted by Crippen LogP contribution is -2.50. The molecule has 2 atom stereocenters. The third-order valence-corrected chi connectivity index (χ3v) is 6.24. The molecule has 0 spiro atoms. The lowest BCUT2D eigenvalue weighted by atomic mass is 9.94. The SMILES string of the molecule is CCNC1CC2CCC(C1)N2CC1CCSCC1. The second-order valence-corrected chi connectivity index (χ2v) is 7.59. The summed E-state index contributed by atoms with van der Waals surface area (Å²) in [6.45, 7) is 4.80. The van der Waals surface area contributed by atoms with Gasteiger partial charge in [0.25, 0.3) is 0 Å². The van der Waals surface area contributed by atoms with E-state index in [1.807, 2.05) is 0 Å². The first-order valence-corrected chi connectivity index (χ1v) is 9.09. The van der Waals surface area contributed by atoms with Gasteiger partial charge in [-0.3, -0.25) is 4.90 Å². The van der Waals surface area contributed by atoms with Crippen LogP contribution in [0.3, 0.4) is 0 Å². The van der Waals surface area contributed by atoms with Gasteiger partial charge in [0.2, 0.25) is 0 Å². The minimum absolute atomic E-state index is 0.811. The highest BCUT2D eigenvalue weighted by atomic mass is 32.2. The van der Waals surface area contributed by atoms with Crippen LogP contribution in [0.5, 0.6) is 0 Å². The molecule has 0 aliphatic carbocycles. The van der Waals surface area contributed by atoms with E-state index in [1.165, 1.54) is 56.6 Å². The standard InChI is InChI=1S/C15H28N2S/c1-2-16-13-9-14-3-4-15(10-13)17(14)11-12-5-7-18-8-6-12/h12-16H,2-11H2,1H3. The summed E-state index contributed by atoms with van der Waals surface area (Å²) in [6, 6.07) is 2.62. The zero-order valence-corrected chi connectivity index (χ0v) is 12.6. The number of piperidine rings is 1. The van der Waals surface area contributed by atoms with E-state index in [1.54, 1.807) is 0 Å². The fourth-order valence-electron chi connectivity index (χ4n) is 4.25. The van der Waals surface area contributed by atoms with Gasteiger partial charge in [0.05, 0.1) is 0 Å². The third-order valence-electron chi connectivity index (χ3n) is 5.19. The molecule has 3 fully saturated rings. The van der Waals surface area contributed by atoms with Crippen molar-refractivity contribution in [1.29, 1.82) is 0 Å². The molecule has 2 unspecified atom stereocenters. The molecule has 3 aliphatic rings. The van der Waals surface area contributed by atoms with Crippen LogP contribution >= 0.6 is 11.8 Å². The number of hydrogen-bond acceptors (Lipinski definition) is 3. The van der Waals surface area contributed by atoms with Crippen LogP contribution < -0.4 is 5.32 Å². The van der Waals surface area contributed by atoms with Crippen LogP contribution in [0.15, 0.2) is 0 Å². The molecule has 2 nitrogen and oxygen atoms in total. The van der Waals surface area contributed by atoms with Gasteiger partial charge in [0, 0.05) is 24.7 Å². The Balaban J connectivity index is 1.54. The topological polar surface area (TPSA) is 15.3 Å². The van der Waals surface area contributed by atoms with Gasteiger partial charge < -0.3 is 5.32 Å². The summed E-state index contributed by atoms with van der Waals surface area (Å²) in [6.07, 6.45) is 8.69. The second kappa shape index (κ2) is 6.15. The van der Waals surface area contributed by atoms with Crippen molar-refractivity contribution in [3.05, 3.63) is 0 Å². The third kappa shape index (κ3) is 2.88. The second-order valence-electron chi connectivity index (χ2n) is 6.36. The van der Waals surface area contributed by atoms with E-state index in [0.717, 1.165) is 30.6 Å². The Labute approximate surface area is 116 Å². The Kier molecular flexibility index (Phi) is 4.53. The van der Waals surface area contributed by atoms with E-state index in [-0.39, 0.29) is 0 Å². The normalized spacial score (nSPS) is 38.2. The molecule has 0 saturated carbocycles. The summed E-state index contributed by atoms with van der Waals surface area (Å²) in [5.74, 6) is 3.83. The summed E-state index contributed by atoms with van der Waals surface area (Å²) < 4.78 is 0. The van der Waals surface area contributed by atoms with Crippen LogP contribution in [0.2, 0.25) is 0 Å².